The van der Waals surface area contributed by atoms with Gasteiger partial charge in [-0.05, 0) is 25.5 Å². The summed E-state index contributed by atoms with van der Waals surface area (Å²) in [5, 5.41) is 2.90. The summed E-state index contributed by atoms with van der Waals surface area (Å²) in [6, 6.07) is 7.69. The van der Waals surface area contributed by atoms with Crippen LogP contribution in [-0.2, 0) is 0 Å². The molecule has 1 amide bonds. The van der Waals surface area contributed by atoms with Crippen molar-refractivity contribution in [1.82, 2.24) is 15.3 Å². The molecule has 1 aromatic carbocycles. The summed E-state index contributed by atoms with van der Waals surface area (Å²) in [5.41, 5.74) is 2.14. The molecule has 5 heteroatoms. The molecule has 0 aliphatic rings. The van der Waals surface area contributed by atoms with Gasteiger partial charge in [0.25, 0.3) is 5.91 Å². The maximum absolute atomic E-state index is 12.0. The first-order chi connectivity index (χ1) is 9.08. The smallest absolute Gasteiger partial charge is 0.271 e. The van der Waals surface area contributed by atoms with Crippen LogP contribution in [0.2, 0.25) is 0 Å². The molecule has 0 fully saturated rings. The van der Waals surface area contributed by atoms with Crippen molar-refractivity contribution in [2.24, 2.45) is 0 Å². The van der Waals surface area contributed by atoms with Gasteiger partial charge in [0.2, 0.25) is 0 Å². The van der Waals surface area contributed by atoms with Gasteiger partial charge in [0, 0.05) is 10.7 Å². The number of nitrogens with zero attached hydrogens (tertiary/aromatic N) is 2. The Morgan fingerprint density at radius 2 is 2.00 bits per heavy atom. The summed E-state index contributed by atoms with van der Waals surface area (Å²) in [4.78, 5) is 20.1. The first-order valence-electron chi connectivity index (χ1n) is 5.92. The first-order valence-corrected chi connectivity index (χ1v) is 6.71. The van der Waals surface area contributed by atoms with Crippen LogP contribution >= 0.6 is 15.9 Å². The maximum atomic E-state index is 12.0. The highest BCUT2D eigenvalue weighted by Gasteiger charge is 2.14. The highest BCUT2D eigenvalue weighted by Crippen LogP contribution is 2.22. The minimum absolute atomic E-state index is 0.105. The molecule has 0 aliphatic heterocycles. The van der Waals surface area contributed by atoms with E-state index in [0.717, 1.165) is 15.7 Å². The normalized spacial score (nSPS) is 11.9. The van der Waals surface area contributed by atoms with Crippen LogP contribution in [0.25, 0.3) is 0 Å². The van der Waals surface area contributed by atoms with E-state index in [2.05, 4.69) is 31.2 Å². The van der Waals surface area contributed by atoms with Crippen LogP contribution in [0.5, 0.6) is 0 Å². The van der Waals surface area contributed by atoms with E-state index in [-0.39, 0.29) is 11.9 Å². The highest BCUT2D eigenvalue weighted by molar-refractivity contribution is 9.10. The third kappa shape index (κ3) is 3.38. The second-order valence-electron chi connectivity index (χ2n) is 4.26. The Balaban J connectivity index is 2.11. The number of benzene rings is 1. The lowest BCUT2D eigenvalue weighted by atomic mass is 10.1. The van der Waals surface area contributed by atoms with Crippen molar-refractivity contribution < 1.29 is 4.79 Å². The molecule has 0 radical (unpaired) electrons. The number of amides is 1. The predicted molar refractivity (Wildman–Crippen MR) is 76.8 cm³/mol. The summed E-state index contributed by atoms with van der Waals surface area (Å²) in [7, 11) is 0. The van der Waals surface area contributed by atoms with E-state index in [9.17, 15) is 4.79 Å². The Bertz CT molecular complexity index is 583. The quantitative estimate of drug-likeness (QED) is 0.946. The van der Waals surface area contributed by atoms with E-state index in [1.165, 1.54) is 6.20 Å². The van der Waals surface area contributed by atoms with Crippen molar-refractivity contribution in [3.8, 4) is 0 Å². The van der Waals surface area contributed by atoms with E-state index in [4.69, 9.17) is 0 Å². The van der Waals surface area contributed by atoms with Crippen LogP contribution in [0.4, 0.5) is 0 Å². The summed E-state index contributed by atoms with van der Waals surface area (Å²) in [5.74, 6) is -0.226. The Morgan fingerprint density at radius 3 is 2.63 bits per heavy atom. The standard InChI is InChI=1S/C14H14BrN3O/c1-9-7-17-13(8-16-9)14(19)18-10(2)11-5-3-4-6-12(11)15/h3-8,10H,1-2H3,(H,18,19)/t10-/m1/s1. The molecule has 0 saturated carbocycles. The molecule has 0 saturated heterocycles. The molecular weight excluding hydrogens is 306 g/mol. The molecule has 1 heterocycles. The largest absolute Gasteiger partial charge is 0.344 e. The van der Waals surface area contributed by atoms with E-state index in [0.29, 0.717) is 5.69 Å². The Kier molecular flexibility index (Phi) is 4.27. The zero-order valence-electron chi connectivity index (χ0n) is 10.7. The van der Waals surface area contributed by atoms with Gasteiger partial charge in [0.15, 0.2) is 0 Å². The third-order valence-electron chi connectivity index (χ3n) is 2.73. The molecule has 98 valence electrons. The predicted octanol–water partition coefficient (Wildman–Crippen LogP) is 3.04. The van der Waals surface area contributed by atoms with E-state index < -0.39 is 0 Å². The van der Waals surface area contributed by atoms with E-state index in [1.807, 2.05) is 38.1 Å². The zero-order valence-corrected chi connectivity index (χ0v) is 12.3. The van der Waals surface area contributed by atoms with Gasteiger partial charge in [0.05, 0.1) is 17.9 Å². The number of hydrogen-bond donors (Lipinski definition) is 1. The molecule has 0 bridgehead atoms. The average molecular weight is 320 g/mol. The van der Waals surface area contributed by atoms with Gasteiger partial charge >= 0.3 is 0 Å². The molecule has 0 aliphatic carbocycles. The Hall–Kier alpha value is -1.75. The number of nitrogens with one attached hydrogen (secondary N) is 1. The van der Waals surface area contributed by atoms with Crippen LogP contribution < -0.4 is 5.32 Å². The molecule has 2 aromatic rings. The van der Waals surface area contributed by atoms with Gasteiger partial charge in [0.1, 0.15) is 5.69 Å². The maximum Gasteiger partial charge on any atom is 0.271 e. The molecule has 2 rings (SSSR count). The van der Waals surface area contributed by atoms with Gasteiger partial charge in [-0.2, -0.15) is 0 Å². The van der Waals surface area contributed by atoms with Crippen LogP contribution in [0.1, 0.15) is 34.7 Å². The number of aromatic nitrogens is 2. The van der Waals surface area contributed by atoms with Crippen molar-refractivity contribution >= 4 is 21.8 Å². The van der Waals surface area contributed by atoms with Crippen molar-refractivity contribution in [3.05, 3.63) is 58.1 Å². The van der Waals surface area contributed by atoms with Crippen molar-refractivity contribution in [3.63, 3.8) is 0 Å². The molecule has 0 spiro atoms. The number of hydrogen-bond acceptors (Lipinski definition) is 3. The topological polar surface area (TPSA) is 54.9 Å². The lowest BCUT2D eigenvalue weighted by molar-refractivity contribution is 0.0934. The van der Waals surface area contributed by atoms with E-state index >= 15 is 0 Å². The number of halogens is 1. The second kappa shape index (κ2) is 5.93. The van der Waals surface area contributed by atoms with Crippen molar-refractivity contribution in [2.45, 2.75) is 19.9 Å². The van der Waals surface area contributed by atoms with Gasteiger partial charge in [-0.15, -0.1) is 0 Å². The zero-order chi connectivity index (χ0) is 13.8. The van der Waals surface area contributed by atoms with Crippen LogP contribution in [0.15, 0.2) is 41.1 Å². The fraction of sp³-hybridized carbons (Fsp3) is 0.214. The second-order valence-corrected chi connectivity index (χ2v) is 5.11. The average Bonchev–Trinajstić information content (AvgIpc) is 2.39. The third-order valence-corrected chi connectivity index (χ3v) is 3.46. The van der Waals surface area contributed by atoms with Crippen molar-refractivity contribution in [2.75, 3.05) is 0 Å². The lowest BCUT2D eigenvalue weighted by Gasteiger charge is -2.15. The summed E-state index contributed by atoms with van der Waals surface area (Å²) < 4.78 is 0.970. The van der Waals surface area contributed by atoms with E-state index in [1.54, 1.807) is 6.20 Å². The molecule has 0 unspecified atom stereocenters. The Labute approximate surface area is 120 Å². The molecular formula is C14H14BrN3O. The monoisotopic (exact) mass is 319 g/mol. The minimum Gasteiger partial charge on any atom is -0.344 e. The van der Waals surface area contributed by atoms with Crippen LogP contribution in [-0.4, -0.2) is 15.9 Å². The van der Waals surface area contributed by atoms with Gasteiger partial charge in [-0.1, -0.05) is 34.1 Å². The number of carbonyl (C=O) groups excluding carboxylic acids is 1. The fourth-order valence-corrected chi connectivity index (χ4v) is 2.31. The molecule has 1 N–H and O–H groups in total. The number of aryl methyl sites for hydroxylation is 1. The fourth-order valence-electron chi connectivity index (χ4n) is 1.68. The van der Waals surface area contributed by atoms with Gasteiger partial charge in [-0.3, -0.25) is 9.78 Å². The summed E-state index contributed by atoms with van der Waals surface area (Å²) in [6.45, 7) is 3.76. The minimum atomic E-state index is -0.226. The number of rotatable bonds is 3. The molecule has 19 heavy (non-hydrogen) atoms. The molecule has 4 nitrogen and oxygen atoms in total. The first kappa shape index (κ1) is 13.7. The summed E-state index contributed by atoms with van der Waals surface area (Å²) in [6.07, 6.45) is 3.06. The highest BCUT2D eigenvalue weighted by atomic mass is 79.9. The number of carbonyl (C=O) groups is 1. The van der Waals surface area contributed by atoms with Crippen molar-refractivity contribution in [1.29, 1.82) is 0 Å². The van der Waals surface area contributed by atoms with Crippen LogP contribution in [0, 0.1) is 6.92 Å². The summed E-state index contributed by atoms with van der Waals surface area (Å²) >= 11 is 3.47. The van der Waals surface area contributed by atoms with Gasteiger partial charge < -0.3 is 5.32 Å². The van der Waals surface area contributed by atoms with Crippen LogP contribution in [0.3, 0.4) is 0 Å². The lowest BCUT2D eigenvalue weighted by Crippen LogP contribution is -2.27. The molecule has 1 aromatic heterocycles. The van der Waals surface area contributed by atoms with Gasteiger partial charge in [-0.25, -0.2) is 4.98 Å². The SMILES string of the molecule is Cc1cnc(C(=O)N[C@H](C)c2ccccc2Br)cn1. The molecule has 1 atom stereocenters. The Morgan fingerprint density at radius 1 is 1.26 bits per heavy atom.